The number of hydrogen-bond donors (Lipinski definition) is 1. The predicted octanol–water partition coefficient (Wildman–Crippen LogP) is 5.32. The van der Waals surface area contributed by atoms with Crippen molar-refractivity contribution >= 4 is 5.65 Å². The summed E-state index contributed by atoms with van der Waals surface area (Å²) in [5.41, 5.74) is 4.10. The van der Waals surface area contributed by atoms with Gasteiger partial charge in [0.25, 0.3) is 0 Å². The second-order valence-electron chi connectivity index (χ2n) is 7.51. The van der Waals surface area contributed by atoms with Gasteiger partial charge in [-0.25, -0.2) is 14.4 Å². The van der Waals surface area contributed by atoms with Crippen molar-refractivity contribution in [2.45, 2.75) is 19.8 Å². The molecule has 3 heterocycles. The first-order valence-corrected chi connectivity index (χ1v) is 10.0. The van der Waals surface area contributed by atoms with Crippen LogP contribution < -0.4 is 0 Å². The Kier molecular flexibility index (Phi) is 4.75. The molecule has 0 radical (unpaired) electrons. The first-order chi connectivity index (χ1) is 15.1. The van der Waals surface area contributed by atoms with Crippen molar-refractivity contribution in [3.8, 4) is 17.1 Å². The number of imidazole rings is 1. The van der Waals surface area contributed by atoms with Crippen LogP contribution in [-0.4, -0.2) is 19.5 Å². The van der Waals surface area contributed by atoms with Gasteiger partial charge in [0, 0.05) is 18.2 Å². The highest BCUT2D eigenvalue weighted by molar-refractivity contribution is 5.63. The van der Waals surface area contributed by atoms with Crippen LogP contribution >= 0.6 is 0 Å². The quantitative estimate of drug-likeness (QED) is 0.423. The topological polar surface area (TPSA) is 63.6 Å². The average molecular weight is 413 g/mol. The van der Waals surface area contributed by atoms with Gasteiger partial charge < -0.3 is 9.52 Å². The van der Waals surface area contributed by atoms with Gasteiger partial charge in [-0.3, -0.25) is 4.40 Å². The van der Waals surface area contributed by atoms with Gasteiger partial charge in [-0.05, 0) is 36.8 Å². The normalized spacial score (nSPS) is 11.3. The first kappa shape index (κ1) is 19.1. The summed E-state index contributed by atoms with van der Waals surface area (Å²) in [6, 6.07) is 19.9. The fraction of sp³-hybridized carbons (Fsp3) is 0.120. The Balaban J connectivity index is 1.65. The summed E-state index contributed by atoms with van der Waals surface area (Å²) in [5.74, 6) is 1.27. The van der Waals surface area contributed by atoms with Crippen LogP contribution in [0.5, 0.6) is 5.88 Å². The lowest BCUT2D eigenvalue weighted by Crippen LogP contribution is -2.01. The van der Waals surface area contributed by atoms with Crippen LogP contribution in [0.2, 0.25) is 0 Å². The lowest BCUT2D eigenvalue weighted by molar-refractivity contribution is 0.436. The number of halogens is 1. The van der Waals surface area contributed by atoms with E-state index in [9.17, 15) is 9.50 Å². The Morgan fingerprint density at radius 3 is 2.52 bits per heavy atom. The zero-order valence-electron chi connectivity index (χ0n) is 16.9. The molecule has 1 N–H and O–H groups in total. The largest absolute Gasteiger partial charge is 0.493 e. The molecular weight excluding hydrogens is 393 g/mol. The van der Waals surface area contributed by atoms with Crippen molar-refractivity contribution in [1.82, 2.24) is 14.4 Å². The van der Waals surface area contributed by atoms with Crippen molar-refractivity contribution in [2.24, 2.45) is 0 Å². The molecule has 0 saturated heterocycles. The third kappa shape index (κ3) is 3.80. The van der Waals surface area contributed by atoms with Gasteiger partial charge in [-0.15, -0.1) is 0 Å². The summed E-state index contributed by atoms with van der Waals surface area (Å²) >= 11 is 0. The Morgan fingerprint density at radius 2 is 1.77 bits per heavy atom. The van der Waals surface area contributed by atoms with Crippen LogP contribution in [0.4, 0.5) is 4.39 Å². The molecule has 5 aromatic rings. The molecule has 0 aliphatic carbocycles. The second kappa shape index (κ2) is 7.72. The Hall–Kier alpha value is -3.93. The van der Waals surface area contributed by atoms with Crippen LogP contribution in [0.1, 0.15) is 28.5 Å². The summed E-state index contributed by atoms with van der Waals surface area (Å²) in [5, 5.41) is 10.9. The Morgan fingerprint density at radius 1 is 0.935 bits per heavy atom. The minimum absolute atomic E-state index is 0.0455. The van der Waals surface area contributed by atoms with E-state index in [4.69, 9.17) is 9.40 Å². The van der Waals surface area contributed by atoms with Gasteiger partial charge in [-0.2, -0.15) is 0 Å². The maximum absolute atomic E-state index is 13.7. The van der Waals surface area contributed by atoms with E-state index >= 15 is 0 Å². The van der Waals surface area contributed by atoms with Gasteiger partial charge in [-0.1, -0.05) is 42.5 Å². The Bertz CT molecular complexity index is 1370. The number of furan rings is 1. The van der Waals surface area contributed by atoms with Gasteiger partial charge in [0.15, 0.2) is 5.65 Å². The van der Waals surface area contributed by atoms with Gasteiger partial charge in [0.1, 0.15) is 23.0 Å². The molecule has 0 amide bonds. The summed E-state index contributed by atoms with van der Waals surface area (Å²) in [6.07, 6.45) is 2.53. The number of fused-ring (bicyclic) bond motifs is 1. The van der Waals surface area contributed by atoms with E-state index in [1.165, 1.54) is 12.1 Å². The van der Waals surface area contributed by atoms with E-state index in [0.717, 1.165) is 22.6 Å². The number of nitrogens with zero attached hydrogens (tertiary/aromatic N) is 3. The van der Waals surface area contributed by atoms with Crippen LogP contribution in [-0.2, 0) is 12.8 Å². The third-order valence-corrected chi connectivity index (χ3v) is 5.19. The number of aromatic hydroxyl groups is 1. The lowest BCUT2D eigenvalue weighted by Gasteiger charge is -2.08. The summed E-state index contributed by atoms with van der Waals surface area (Å²) in [6.45, 7) is 1.88. The molecular formula is C25H20FN3O2. The fourth-order valence-electron chi connectivity index (χ4n) is 3.71. The molecule has 2 aromatic carbocycles. The van der Waals surface area contributed by atoms with Crippen molar-refractivity contribution in [2.75, 3.05) is 0 Å². The zero-order valence-corrected chi connectivity index (χ0v) is 16.9. The maximum atomic E-state index is 13.7. The molecule has 0 saturated carbocycles. The number of aryl methyl sites for hydroxylation is 1. The van der Waals surface area contributed by atoms with E-state index in [1.54, 1.807) is 16.7 Å². The number of rotatable bonds is 5. The standard InChI is InChI=1S/C25H20FN3O2/c1-16-10-11-20(31-16)14-22-25(30)29-15-23(18-7-3-2-4-8-18)27-21(24(29)28-22)13-17-6-5-9-19(26)12-17/h2-12,15,30H,13-14H2,1H3. The summed E-state index contributed by atoms with van der Waals surface area (Å²) < 4.78 is 21.0. The molecule has 0 atom stereocenters. The smallest absolute Gasteiger partial charge is 0.219 e. The lowest BCUT2D eigenvalue weighted by atomic mass is 10.1. The zero-order chi connectivity index (χ0) is 21.4. The van der Waals surface area contributed by atoms with Crippen LogP contribution in [0.3, 0.4) is 0 Å². The van der Waals surface area contributed by atoms with Gasteiger partial charge in [0.05, 0.1) is 17.8 Å². The van der Waals surface area contributed by atoms with Gasteiger partial charge >= 0.3 is 0 Å². The summed E-state index contributed by atoms with van der Waals surface area (Å²) in [7, 11) is 0. The van der Waals surface area contributed by atoms with Gasteiger partial charge in [0.2, 0.25) is 5.88 Å². The minimum atomic E-state index is -0.298. The SMILES string of the molecule is Cc1ccc(Cc2nc3c(Cc4cccc(F)c4)nc(-c4ccccc4)cn3c2O)o1. The van der Waals surface area contributed by atoms with Crippen molar-refractivity contribution in [3.05, 3.63) is 107 Å². The van der Waals surface area contributed by atoms with E-state index in [2.05, 4.69) is 4.98 Å². The highest BCUT2D eigenvalue weighted by atomic mass is 19.1. The molecule has 0 fully saturated rings. The maximum Gasteiger partial charge on any atom is 0.219 e. The van der Waals surface area contributed by atoms with Crippen molar-refractivity contribution < 1.29 is 13.9 Å². The molecule has 154 valence electrons. The molecule has 6 heteroatoms. The molecule has 3 aromatic heterocycles. The minimum Gasteiger partial charge on any atom is -0.493 e. The molecule has 0 bridgehead atoms. The average Bonchev–Trinajstić information content (AvgIpc) is 3.32. The number of hydrogen-bond acceptors (Lipinski definition) is 4. The second-order valence-corrected chi connectivity index (χ2v) is 7.51. The molecule has 31 heavy (non-hydrogen) atoms. The van der Waals surface area contributed by atoms with E-state index in [0.29, 0.717) is 35.6 Å². The number of benzene rings is 2. The molecule has 0 spiro atoms. The molecule has 0 aliphatic rings. The molecule has 0 unspecified atom stereocenters. The van der Waals surface area contributed by atoms with Crippen molar-refractivity contribution in [1.29, 1.82) is 0 Å². The Labute approximate surface area is 178 Å². The monoisotopic (exact) mass is 413 g/mol. The number of aromatic nitrogens is 3. The van der Waals surface area contributed by atoms with E-state index in [-0.39, 0.29) is 11.7 Å². The molecule has 0 aliphatic heterocycles. The van der Waals surface area contributed by atoms with E-state index < -0.39 is 0 Å². The highest BCUT2D eigenvalue weighted by Crippen LogP contribution is 2.28. The molecule has 5 nitrogen and oxygen atoms in total. The third-order valence-electron chi connectivity index (χ3n) is 5.19. The van der Waals surface area contributed by atoms with Crippen molar-refractivity contribution in [3.63, 3.8) is 0 Å². The summed E-state index contributed by atoms with van der Waals surface area (Å²) in [4.78, 5) is 9.49. The fourth-order valence-corrected chi connectivity index (χ4v) is 3.71. The van der Waals surface area contributed by atoms with Crippen LogP contribution in [0.15, 0.2) is 77.3 Å². The van der Waals surface area contributed by atoms with E-state index in [1.807, 2.05) is 55.5 Å². The molecule has 5 rings (SSSR count). The van der Waals surface area contributed by atoms with Crippen LogP contribution in [0, 0.1) is 12.7 Å². The first-order valence-electron chi connectivity index (χ1n) is 10.0. The predicted molar refractivity (Wildman–Crippen MR) is 116 cm³/mol. The van der Waals surface area contributed by atoms with Crippen LogP contribution in [0.25, 0.3) is 16.9 Å². The highest BCUT2D eigenvalue weighted by Gasteiger charge is 2.19.